The predicted molar refractivity (Wildman–Crippen MR) is 113 cm³/mol. The van der Waals surface area contributed by atoms with Crippen molar-refractivity contribution in [2.75, 3.05) is 0 Å². The van der Waals surface area contributed by atoms with Gasteiger partial charge in [-0.2, -0.15) is 8.78 Å². The molecule has 2 aromatic carbocycles. The zero-order chi connectivity index (χ0) is 18.7. The molecular formula is C17H13BrF2NNa2O3PS. The van der Waals surface area contributed by atoms with Crippen molar-refractivity contribution in [3.8, 4) is 5.75 Å². The number of alkyl halides is 2. The Morgan fingerprint density at radius 2 is 1.89 bits per heavy atom. The van der Waals surface area contributed by atoms with E-state index in [0.717, 1.165) is 21.4 Å². The van der Waals surface area contributed by atoms with Gasteiger partial charge in [-0.05, 0) is 45.8 Å². The smallest absolute Gasteiger partial charge is 0.420 e. The molecule has 3 aromatic rings. The van der Waals surface area contributed by atoms with Crippen molar-refractivity contribution in [1.29, 1.82) is 0 Å². The fraction of sp³-hybridized carbons (Fsp3) is 0.118. The van der Waals surface area contributed by atoms with Gasteiger partial charge in [-0.1, -0.05) is 24.3 Å². The molecule has 11 heteroatoms. The Labute approximate surface area is 218 Å². The van der Waals surface area contributed by atoms with E-state index in [2.05, 4.69) is 25.4 Å². The van der Waals surface area contributed by atoms with Crippen molar-refractivity contribution in [3.63, 3.8) is 0 Å². The first-order valence-electron chi connectivity index (χ1n) is 7.41. The van der Waals surface area contributed by atoms with E-state index in [4.69, 9.17) is 4.89 Å². The molecular weight excluding hydrogens is 493 g/mol. The third kappa shape index (κ3) is 7.05. The van der Waals surface area contributed by atoms with E-state index in [-0.39, 0.29) is 64.9 Å². The van der Waals surface area contributed by atoms with Crippen LogP contribution >= 0.6 is 35.3 Å². The van der Waals surface area contributed by atoms with E-state index in [0.29, 0.717) is 10.2 Å². The van der Waals surface area contributed by atoms with Crippen LogP contribution in [0.1, 0.15) is 5.56 Å². The summed E-state index contributed by atoms with van der Waals surface area (Å²) < 4.78 is 41.1. The second kappa shape index (κ2) is 11.8. The van der Waals surface area contributed by atoms with Crippen LogP contribution in [0, 0.1) is 0 Å². The number of hydrogen-bond donors (Lipinski definition) is 1. The third-order valence-corrected chi connectivity index (χ3v) is 6.05. The molecule has 1 unspecified atom stereocenters. The Morgan fingerprint density at radius 3 is 2.57 bits per heavy atom. The molecule has 28 heavy (non-hydrogen) atoms. The number of para-hydroxylation sites is 1. The first-order valence-corrected chi connectivity index (χ1v) is 10.8. The molecule has 0 saturated heterocycles. The van der Waals surface area contributed by atoms with Crippen molar-refractivity contribution in [3.05, 3.63) is 64.8 Å². The molecule has 0 bridgehead atoms. The van der Waals surface area contributed by atoms with Crippen LogP contribution < -0.4 is 4.52 Å². The van der Waals surface area contributed by atoms with Crippen LogP contribution in [0.5, 0.6) is 5.75 Å². The Hall–Kier alpha value is 0.530. The number of aromatic nitrogens is 1. The number of thioether (sulfide) groups is 1. The van der Waals surface area contributed by atoms with Gasteiger partial charge in [-0.3, -0.25) is 4.98 Å². The largest absolute Gasteiger partial charge is 0.442 e. The van der Waals surface area contributed by atoms with Crippen molar-refractivity contribution >= 4 is 105 Å². The topological polar surface area (TPSA) is 59.4 Å². The van der Waals surface area contributed by atoms with Crippen LogP contribution in [0.4, 0.5) is 8.78 Å². The van der Waals surface area contributed by atoms with Crippen LogP contribution in [0.25, 0.3) is 10.9 Å². The molecule has 1 aromatic heterocycles. The minimum Gasteiger partial charge on any atom is -0.420 e. The Morgan fingerprint density at radius 1 is 1.18 bits per heavy atom. The van der Waals surface area contributed by atoms with Gasteiger partial charge in [0.1, 0.15) is 5.75 Å². The summed E-state index contributed by atoms with van der Waals surface area (Å²) >= 11 is 4.76. The molecule has 1 heterocycles. The van der Waals surface area contributed by atoms with Crippen molar-refractivity contribution in [2.45, 2.75) is 16.8 Å². The summed E-state index contributed by atoms with van der Waals surface area (Å²) in [6, 6.07) is 14.6. The third-order valence-electron chi connectivity index (χ3n) is 3.44. The summed E-state index contributed by atoms with van der Waals surface area (Å²) in [7, 11) is -4.99. The quantitative estimate of drug-likeness (QED) is 0.279. The summed E-state index contributed by atoms with van der Waals surface area (Å²) in [5.41, 5.74) is 1.82. The molecule has 0 amide bonds. The Bertz CT molecular complexity index is 1000. The maximum atomic E-state index is 12.5. The average molecular weight is 506 g/mol. The molecule has 0 aliphatic heterocycles. The second-order valence-electron chi connectivity index (χ2n) is 5.35. The molecule has 0 spiro atoms. The van der Waals surface area contributed by atoms with E-state index in [1.807, 2.05) is 30.3 Å². The summed E-state index contributed by atoms with van der Waals surface area (Å²) in [6.07, 6.45) is -1.66. The monoisotopic (exact) mass is 505 g/mol. The van der Waals surface area contributed by atoms with E-state index in [1.54, 1.807) is 30.1 Å². The predicted octanol–water partition coefficient (Wildman–Crippen LogP) is 5.31. The standard InChI is InChI=1S/C17H13BrF2NO3PS.2Na/c18-14-7-11(5-6-16(14)24-25(22,23)17(19)20)10-26-13-8-12-3-1-2-4-15(12)21-9-13;;/h1-9,17H,10H2,(H,22,23);;. The average Bonchev–Trinajstić information content (AvgIpc) is 2.61. The molecule has 0 aliphatic rings. The summed E-state index contributed by atoms with van der Waals surface area (Å²) in [4.78, 5) is 14.5. The molecule has 0 aliphatic carbocycles. The zero-order valence-electron chi connectivity index (χ0n) is 15.2. The minimum atomic E-state index is -4.99. The van der Waals surface area contributed by atoms with Gasteiger partial charge in [-0.25, -0.2) is 4.57 Å². The number of benzene rings is 2. The first-order chi connectivity index (χ1) is 12.3. The van der Waals surface area contributed by atoms with Gasteiger partial charge in [0.25, 0.3) is 0 Å². The number of fused-ring (bicyclic) bond motifs is 1. The van der Waals surface area contributed by atoms with Gasteiger partial charge >= 0.3 is 13.8 Å². The Balaban J connectivity index is 0.00000196. The van der Waals surface area contributed by atoms with Gasteiger partial charge in [0, 0.05) is 81.3 Å². The number of pyridine rings is 1. The van der Waals surface area contributed by atoms with Crippen LogP contribution in [-0.2, 0) is 10.3 Å². The van der Waals surface area contributed by atoms with Gasteiger partial charge in [0.2, 0.25) is 0 Å². The van der Waals surface area contributed by atoms with Crippen molar-refractivity contribution in [1.82, 2.24) is 4.98 Å². The van der Waals surface area contributed by atoms with E-state index in [1.165, 1.54) is 6.07 Å². The van der Waals surface area contributed by atoms with Crippen molar-refractivity contribution < 1.29 is 22.8 Å². The minimum absolute atomic E-state index is 0. The molecule has 4 nitrogen and oxygen atoms in total. The van der Waals surface area contributed by atoms with Crippen LogP contribution in [-0.4, -0.2) is 75.2 Å². The van der Waals surface area contributed by atoms with E-state index >= 15 is 0 Å². The maximum Gasteiger partial charge on any atom is 0.442 e. The first kappa shape index (κ1) is 26.6. The summed E-state index contributed by atoms with van der Waals surface area (Å²) in [5.74, 6) is 0.516. The van der Waals surface area contributed by atoms with Gasteiger partial charge in [0.05, 0.1) is 9.99 Å². The molecule has 138 valence electrons. The zero-order valence-corrected chi connectivity index (χ0v) is 22.5. The fourth-order valence-corrected chi connectivity index (χ4v) is 4.19. The maximum absolute atomic E-state index is 12.5. The van der Waals surface area contributed by atoms with Crippen LogP contribution in [0.2, 0.25) is 0 Å². The van der Waals surface area contributed by atoms with Gasteiger partial charge in [-0.15, -0.1) is 11.8 Å². The van der Waals surface area contributed by atoms with Crippen LogP contribution in [0.15, 0.2) is 64.1 Å². The van der Waals surface area contributed by atoms with E-state index < -0.39 is 13.8 Å². The molecule has 1 atom stereocenters. The van der Waals surface area contributed by atoms with E-state index in [9.17, 15) is 13.3 Å². The molecule has 0 fully saturated rings. The summed E-state index contributed by atoms with van der Waals surface area (Å²) in [6.45, 7) is 0. The number of nitrogens with zero attached hydrogens (tertiary/aromatic N) is 1. The van der Waals surface area contributed by atoms with Gasteiger partial charge in [0.15, 0.2) is 0 Å². The molecule has 1 N–H and O–H groups in total. The molecule has 2 radical (unpaired) electrons. The summed E-state index contributed by atoms with van der Waals surface area (Å²) in [5, 5.41) is 1.05. The number of rotatable bonds is 6. The SMILES string of the molecule is O=P(O)(Oc1ccc(CSc2cnc3ccccc3c2)cc1Br)C(F)F.[Na].[Na]. The van der Waals surface area contributed by atoms with Gasteiger partial charge < -0.3 is 9.42 Å². The number of halogens is 3. The van der Waals surface area contributed by atoms with Crippen molar-refractivity contribution in [2.24, 2.45) is 0 Å². The molecule has 0 saturated carbocycles. The molecule has 3 rings (SSSR count). The fourth-order valence-electron chi connectivity index (χ4n) is 2.19. The van der Waals surface area contributed by atoms with Crippen LogP contribution in [0.3, 0.4) is 0 Å². The normalized spacial score (nSPS) is 12.8. The Kier molecular flexibility index (Phi) is 11.2. The number of hydrogen-bond acceptors (Lipinski definition) is 4. The second-order valence-corrected chi connectivity index (χ2v) is 8.95.